The van der Waals surface area contributed by atoms with Crippen LogP contribution in [0.4, 0.5) is 4.39 Å². The van der Waals surface area contributed by atoms with Crippen LogP contribution in [0.1, 0.15) is 29.8 Å². The van der Waals surface area contributed by atoms with Gasteiger partial charge >= 0.3 is 0 Å². The Labute approximate surface area is 128 Å². The summed E-state index contributed by atoms with van der Waals surface area (Å²) in [6.07, 6.45) is 1.52. The molecule has 1 aliphatic heterocycles. The summed E-state index contributed by atoms with van der Waals surface area (Å²) in [4.78, 5) is 12.4. The van der Waals surface area contributed by atoms with Crippen LogP contribution in [0.15, 0.2) is 54.6 Å². The van der Waals surface area contributed by atoms with E-state index in [1.54, 1.807) is 0 Å². The largest absolute Gasteiger partial charge is 0.468 e. The van der Waals surface area contributed by atoms with Gasteiger partial charge in [-0.25, -0.2) is 4.39 Å². The summed E-state index contributed by atoms with van der Waals surface area (Å²) in [7, 11) is 0. The average Bonchev–Trinajstić information content (AvgIpc) is 2.46. The average molecular weight is 297 g/mol. The Balaban J connectivity index is 1.99. The number of rotatable bonds is 2. The number of allylic oxidation sites excluding steroid dienone is 1. The number of ketones is 1. The fraction of sp³-hybridized carbons (Fsp3) is 0.167. The number of benzene rings is 2. The molecule has 1 N–H and O–H groups in total. The molecule has 1 heterocycles. The van der Waals surface area contributed by atoms with Gasteiger partial charge in [0.05, 0.1) is 5.70 Å². The van der Waals surface area contributed by atoms with E-state index in [0.29, 0.717) is 11.3 Å². The first-order valence-electron chi connectivity index (χ1n) is 7.03. The molecular weight excluding hydrogens is 281 g/mol. The molecule has 0 fully saturated rings. The number of carbonyl (C=O) groups is 1. The lowest BCUT2D eigenvalue weighted by Gasteiger charge is -2.36. The maximum atomic E-state index is 13.0. The summed E-state index contributed by atoms with van der Waals surface area (Å²) in [6, 6.07) is 13.0. The summed E-state index contributed by atoms with van der Waals surface area (Å²) >= 11 is 0. The molecule has 2 aromatic rings. The highest BCUT2D eigenvalue weighted by Gasteiger charge is 2.29. The molecule has 0 saturated heterocycles. The third kappa shape index (κ3) is 2.86. The van der Waals surface area contributed by atoms with Gasteiger partial charge in [-0.1, -0.05) is 12.1 Å². The first kappa shape index (κ1) is 14.3. The zero-order valence-electron chi connectivity index (χ0n) is 12.4. The zero-order valence-corrected chi connectivity index (χ0v) is 12.4. The maximum Gasteiger partial charge on any atom is 0.187 e. The van der Waals surface area contributed by atoms with Crippen molar-refractivity contribution in [3.8, 4) is 5.75 Å². The Bertz CT molecular complexity index is 748. The van der Waals surface area contributed by atoms with E-state index in [1.165, 1.54) is 30.3 Å². The van der Waals surface area contributed by atoms with Crippen molar-refractivity contribution in [1.82, 2.24) is 5.32 Å². The second kappa shape index (κ2) is 5.30. The summed E-state index contributed by atoms with van der Waals surface area (Å²) in [6.45, 7) is 3.78. The minimum atomic E-state index is -0.608. The quantitative estimate of drug-likeness (QED) is 0.677. The van der Waals surface area contributed by atoms with Crippen LogP contribution >= 0.6 is 0 Å². The molecule has 0 aliphatic carbocycles. The van der Waals surface area contributed by atoms with Crippen molar-refractivity contribution in [3.05, 3.63) is 71.6 Å². The molecule has 0 amide bonds. The molecule has 2 aromatic carbocycles. The van der Waals surface area contributed by atoms with E-state index in [4.69, 9.17) is 4.74 Å². The lowest BCUT2D eigenvalue weighted by atomic mass is 10.0. The Kier molecular flexibility index (Phi) is 3.45. The predicted octanol–water partition coefficient (Wildman–Crippen LogP) is 3.77. The molecule has 0 saturated carbocycles. The number of nitrogens with one attached hydrogen (secondary N) is 1. The van der Waals surface area contributed by atoms with Gasteiger partial charge in [-0.15, -0.1) is 0 Å². The molecule has 112 valence electrons. The summed E-state index contributed by atoms with van der Waals surface area (Å²) in [5.41, 5.74) is 1.36. The lowest BCUT2D eigenvalue weighted by Crippen LogP contribution is -2.46. The Morgan fingerprint density at radius 3 is 2.55 bits per heavy atom. The van der Waals surface area contributed by atoms with Crippen molar-refractivity contribution in [2.24, 2.45) is 0 Å². The fourth-order valence-electron chi connectivity index (χ4n) is 2.41. The van der Waals surface area contributed by atoms with E-state index in [-0.39, 0.29) is 11.6 Å². The zero-order chi connectivity index (χ0) is 15.7. The smallest absolute Gasteiger partial charge is 0.187 e. The second-order valence-corrected chi connectivity index (χ2v) is 5.66. The Morgan fingerprint density at radius 2 is 1.82 bits per heavy atom. The number of ether oxygens (including phenoxy) is 1. The Hall–Kier alpha value is -2.62. The van der Waals surface area contributed by atoms with Crippen LogP contribution in [-0.2, 0) is 0 Å². The van der Waals surface area contributed by atoms with Crippen LogP contribution in [-0.4, -0.2) is 11.5 Å². The SMILES string of the molecule is CC1(C)N/C(=C/C(=O)c2ccc(F)cc2)c2ccccc2O1. The van der Waals surface area contributed by atoms with E-state index in [0.717, 1.165) is 11.3 Å². The number of halogens is 1. The minimum Gasteiger partial charge on any atom is -0.468 e. The standard InChI is InChI=1S/C18H16FNO2/c1-18(2)20-15(14-5-3-4-6-17(14)22-18)11-16(21)12-7-9-13(19)10-8-12/h3-11,20H,1-2H3/b15-11+. The maximum absolute atomic E-state index is 13.0. The molecule has 4 heteroatoms. The lowest BCUT2D eigenvalue weighted by molar-refractivity contribution is 0.0816. The first-order chi connectivity index (χ1) is 10.4. The molecule has 22 heavy (non-hydrogen) atoms. The molecule has 0 bridgehead atoms. The minimum absolute atomic E-state index is 0.185. The molecular formula is C18H16FNO2. The third-order valence-electron chi connectivity index (χ3n) is 3.38. The molecule has 0 radical (unpaired) electrons. The molecule has 3 nitrogen and oxygen atoms in total. The van der Waals surface area contributed by atoms with Gasteiger partial charge in [-0.3, -0.25) is 4.79 Å². The highest BCUT2D eigenvalue weighted by molar-refractivity contribution is 6.08. The van der Waals surface area contributed by atoms with E-state index in [1.807, 2.05) is 38.1 Å². The van der Waals surface area contributed by atoms with Gasteiger partial charge in [0, 0.05) is 17.2 Å². The molecule has 3 rings (SSSR count). The highest BCUT2D eigenvalue weighted by atomic mass is 19.1. The van der Waals surface area contributed by atoms with Crippen molar-refractivity contribution in [1.29, 1.82) is 0 Å². The van der Waals surface area contributed by atoms with Crippen molar-refractivity contribution < 1.29 is 13.9 Å². The van der Waals surface area contributed by atoms with E-state index in [9.17, 15) is 9.18 Å². The fourth-order valence-corrected chi connectivity index (χ4v) is 2.41. The van der Waals surface area contributed by atoms with Gasteiger partial charge in [-0.05, 0) is 50.2 Å². The molecule has 0 unspecified atom stereocenters. The molecule has 1 aliphatic rings. The number of hydrogen-bond acceptors (Lipinski definition) is 3. The molecule has 0 spiro atoms. The van der Waals surface area contributed by atoms with Crippen LogP contribution in [0.2, 0.25) is 0 Å². The van der Waals surface area contributed by atoms with Crippen LogP contribution in [0.3, 0.4) is 0 Å². The van der Waals surface area contributed by atoms with Gasteiger partial charge in [0.2, 0.25) is 0 Å². The van der Waals surface area contributed by atoms with E-state index in [2.05, 4.69) is 5.32 Å². The predicted molar refractivity (Wildman–Crippen MR) is 83.0 cm³/mol. The van der Waals surface area contributed by atoms with Crippen LogP contribution in [0, 0.1) is 5.82 Å². The number of fused-ring (bicyclic) bond motifs is 1. The summed E-state index contributed by atoms with van der Waals surface area (Å²) < 4.78 is 18.8. The summed E-state index contributed by atoms with van der Waals surface area (Å²) in [5.74, 6) is 0.180. The van der Waals surface area contributed by atoms with Crippen LogP contribution in [0.5, 0.6) is 5.75 Å². The molecule has 0 aromatic heterocycles. The molecule has 0 atom stereocenters. The normalized spacial score (nSPS) is 17.3. The van der Waals surface area contributed by atoms with E-state index >= 15 is 0 Å². The second-order valence-electron chi connectivity index (χ2n) is 5.66. The number of para-hydroxylation sites is 1. The van der Waals surface area contributed by atoms with Gasteiger partial charge in [0.25, 0.3) is 0 Å². The number of hydrogen-bond donors (Lipinski definition) is 1. The van der Waals surface area contributed by atoms with E-state index < -0.39 is 5.72 Å². The van der Waals surface area contributed by atoms with Crippen LogP contribution in [0.25, 0.3) is 5.70 Å². The topological polar surface area (TPSA) is 38.3 Å². The first-order valence-corrected chi connectivity index (χ1v) is 7.03. The van der Waals surface area contributed by atoms with Gasteiger partial charge in [0.1, 0.15) is 11.6 Å². The van der Waals surface area contributed by atoms with Gasteiger partial charge in [0.15, 0.2) is 11.5 Å². The monoisotopic (exact) mass is 297 g/mol. The van der Waals surface area contributed by atoms with Crippen molar-refractivity contribution >= 4 is 11.5 Å². The van der Waals surface area contributed by atoms with Gasteiger partial charge < -0.3 is 10.1 Å². The van der Waals surface area contributed by atoms with Crippen molar-refractivity contribution in [2.75, 3.05) is 0 Å². The Morgan fingerprint density at radius 1 is 1.14 bits per heavy atom. The van der Waals surface area contributed by atoms with Gasteiger partial charge in [-0.2, -0.15) is 0 Å². The van der Waals surface area contributed by atoms with Crippen molar-refractivity contribution in [3.63, 3.8) is 0 Å². The van der Waals surface area contributed by atoms with Crippen molar-refractivity contribution in [2.45, 2.75) is 19.6 Å². The third-order valence-corrected chi connectivity index (χ3v) is 3.38. The van der Waals surface area contributed by atoms with Crippen LogP contribution < -0.4 is 10.1 Å². The summed E-state index contributed by atoms with van der Waals surface area (Å²) in [5, 5.41) is 3.20. The number of carbonyl (C=O) groups excluding carboxylic acids is 1. The highest BCUT2D eigenvalue weighted by Crippen LogP contribution is 2.33.